The number of nitrogens with one attached hydrogen (secondary N) is 1. The Hall–Kier alpha value is -0.250. The van der Waals surface area contributed by atoms with Crippen LogP contribution in [0.1, 0.15) is 52.9 Å². The summed E-state index contributed by atoms with van der Waals surface area (Å²) in [6.07, 6.45) is 5.54. The molecule has 1 fully saturated rings. The molecule has 1 N–H and O–H groups in total. The molecule has 0 aromatic heterocycles. The molecule has 2 atom stereocenters. The Balaban J connectivity index is 2.42. The molecule has 0 radical (unpaired) electrons. The van der Waals surface area contributed by atoms with E-state index in [2.05, 4.69) is 21.2 Å². The topological polar surface area (TPSA) is 38.3 Å². The van der Waals surface area contributed by atoms with E-state index < -0.39 is 5.60 Å². The van der Waals surface area contributed by atoms with E-state index in [1.165, 1.54) is 19.3 Å². The fourth-order valence-electron chi connectivity index (χ4n) is 1.88. The van der Waals surface area contributed by atoms with Gasteiger partial charge in [-0.2, -0.15) is 0 Å². The molecule has 0 heterocycles. The first-order valence-electron chi connectivity index (χ1n) is 6.02. The van der Waals surface area contributed by atoms with Gasteiger partial charge in [0.05, 0.1) is 0 Å². The van der Waals surface area contributed by atoms with E-state index >= 15 is 0 Å². The van der Waals surface area contributed by atoms with Crippen molar-refractivity contribution in [2.75, 3.05) is 0 Å². The minimum Gasteiger partial charge on any atom is -0.444 e. The molecule has 0 saturated heterocycles. The summed E-state index contributed by atoms with van der Waals surface area (Å²) in [7, 11) is 0. The second kappa shape index (κ2) is 5.89. The highest BCUT2D eigenvalue weighted by atomic mass is 79.9. The normalized spacial score (nSPS) is 27.0. The molecule has 1 saturated carbocycles. The number of alkyl carbamates (subject to hydrolysis) is 1. The van der Waals surface area contributed by atoms with E-state index in [0.717, 1.165) is 12.8 Å². The van der Waals surface area contributed by atoms with Crippen LogP contribution in [-0.2, 0) is 4.74 Å². The molecule has 1 aliphatic rings. The van der Waals surface area contributed by atoms with Crippen LogP contribution in [0.3, 0.4) is 0 Å². The van der Waals surface area contributed by atoms with Crippen molar-refractivity contribution in [3.63, 3.8) is 0 Å². The summed E-state index contributed by atoms with van der Waals surface area (Å²) in [6.45, 7) is 5.64. The van der Waals surface area contributed by atoms with E-state index in [-0.39, 0.29) is 12.1 Å². The van der Waals surface area contributed by atoms with Crippen molar-refractivity contribution in [1.82, 2.24) is 5.32 Å². The van der Waals surface area contributed by atoms with Gasteiger partial charge < -0.3 is 10.1 Å². The summed E-state index contributed by atoms with van der Waals surface area (Å²) in [5.41, 5.74) is -0.420. The Morgan fingerprint density at radius 2 is 1.88 bits per heavy atom. The van der Waals surface area contributed by atoms with Crippen LogP contribution in [0.4, 0.5) is 4.79 Å². The van der Waals surface area contributed by atoms with Gasteiger partial charge in [-0.05, 0) is 33.6 Å². The van der Waals surface area contributed by atoms with E-state index in [1.54, 1.807) is 0 Å². The van der Waals surface area contributed by atoms with E-state index in [4.69, 9.17) is 4.74 Å². The monoisotopic (exact) mass is 291 g/mol. The van der Waals surface area contributed by atoms with Crippen LogP contribution in [0.15, 0.2) is 0 Å². The molecule has 0 bridgehead atoms. The lowest BCUT2D eigenvalue weighted by molar-refractivity contribution is 0.0502. The van der Waals surface area contributed by atoms with Gasteiger partial charge in [-0.25, -0.2) is 4.79 Å². The van der Waals surface area contributed by atoms with E-state index in [9.17, 15) is 4.79 Å². The summed E-state index contributed by atoms with van der Waals surface area (Å²) in [5.74, 6) is 0. The third-order valence-electron chi connectivity index (χ3n) is 2.63. The quantitative estimate of drug-likeness (QED) is 0.592. The zero-order chi connectivity index (χ0) is 12.2. The average Bonchev–Trinajstić information content (AvgIpc) is 2.29. The van der Waals surface area contributed by atoms with Crippen molar-refractivity contribution < 1.29 is 9.53 Å². The van der Waals surface area contributed by atoms with Crippen LogP contribution in [0.25, 0.3) is 0 Å². The molecule has 0 aliphatic heterocycles. The van der Waals surface area contributed by atoms with Gasteiger partial charge in [0.25, 0.3) is 0 Å². The number of ether oxygens (including phenoxy) is 1. The third-order valence-corrected chi connectivity index (χ3v) is 3.73. The number of amides is 1. The van der Waals surface area contributed by atoms with Crippen LogP contribution in [-0.4, -0.2) is 22.6 Å². The number of hydrogen-bond acceptors (Lipinski definition) is 2. The Morgan fingerprint density at radius 1 is 1.25 bits per heavy atom. The van der Waals surface area contributed by atoms with Gasteiger partial charge in [0.15, 0.2) is 0 Å². The van der Waals surface area contributed by atoms with Crippen molar-refractivity contribution in [3.05, 3.63) is 0 Å². The molecule has 0 spiro atoms. The highest BCUT2D eigenvalue weighted by Crippen LogP contribution is 2.24. The van der Waals surface area contributed by atoms with Crippen LogP contribution in [0, 0.1) is 0 Å². The molecule has 1 rings (SSSR count). The van der Waals surface area contributed by atoms with E-state index in [1.807, 2.05) is 20.8 Å². The van der Waals surface area contributed by atoms with Crippen LogP contribution < -0.4 is 5.32 Å². The van der Waals surface area contributed by atoms with Crippen LogP contribution in [0.5, 0.6) is 0 Å². The average molecular weight is 292 g/mol. The van der Waals surface area contributed by atoms with Crippen molar-refractivity contribution in [3.8, 4) is 0 Å². The minimum absolute atomic E-state index is 0.206. The largest absolute Gasteiger partial charge is 0.444 e. The molecule has 3 nitrogen and oxygen atoms in total. The minimum atomic E-state index is -0.420. The van der Waals surface area contributed by atoms with Gasteiger partial charge in [-0.3, -0.25) is 0 Å². The lowest BCUT2D eigenvalue weighted by Crippen LogP contribution is -2.43. The molecule has 16 heavy (non-hydrogen) atoms. The maximum absolute atomic E-state index is 11.6. The molecular weight excluding hydrogens is 270 g/mol. The maximum Gasteiger partial charge on any atom is 0.407 e. The van der Waals surface area contributed by atoms with Gasteiger partial charge in [0.1, 0.15) is 5.60 Å². The van der Waals surface area contributed by atoms with Crippen molar-refractivity contribution in [2.24, 2.45) is 0 Å². The van der Waals surface area contributed by atoms with Gasteiger partial charge >= 0.3 is 6.09 Å². The fourth-order valence-corrected chi connectivity index (χ4v) is 2.60. The predicted octanol–water partition coefficient (Wildman–Crippen LogP) is 3.61. The first-order chi connectivity index (χ1) is 7.38. The molecule has 0 unspecified atom stereocenters. The zero-order valence-corrected chi connectivity index (χ0v) is 12.0. The van der Waals surface area contributed by atoms with Crippen molar-refractivity contribution in [1.29, 1.82) is 0 Å². The number of halogens is 1. The molecule has 1 aliphatic carbocycles. The Kier molecular flexibility index (Phi) is 5.09. The van der Waals surface area contributed by atoms with Crippen molar-refractivity contribution >= 4 is 22.0 Å². The number of alkyl halides is 1. The first kappa shape index (κ1) is 13.8. The molecule has 0 aromatic carbocycles. The Bertz CT molecular complexity index is 238. The van der Waals surface area contributed by atoms with Gasteiger partial charge in [0.2, 0.25) is 0 Å². The lowest BCUT2D eigenvalue weighted by atomic mass is 10.1. The SMILES string of the molecule is CC(C)(C)OC(=O)N[C@@H]1CCCCC[C@H]1Br. The smallest absolute Gasteiger partial charge is 0.407 e. The summed E-state index contributed by atoms with van der Waals surface area (Å²) in [4.78, 5) is 12.0. The summed E-state index contributed by atoms with van der Waals surface area (Å²) >= 11 is 3.64. The molecular formula is C12H22BrNO2. The number of carbonyl (C=O) groups is 1. The number of hydrogen-bond donors (Lipinski definition) is 1. The Labute approximate surface area is 106 Å². The Morgan fingerprint density at radius 3 is 2.50 bits per heavy atom. The zero-order valence-electron chi connectivity index (χ0n) is 10.4. The molecule has 1 amide bonds. The summed E-state index contributed by atoms with van der Waals surface area (Å²) in [5, 5.41) is 2.96. The highest BCUT2D eigenvalue weighted by molar-refractivity contribution is 9.09. The maximum atomic E-state index is 11.6. The standard InChI is InChI=1S/C12H22BrNO2/c1-12(2,3)16-11(15)14-10-8-6-4-5-7-9(10)13/h9-10H,4-8H2,1-3H3,(H,14,15)/t9-,10-/m1/s1. The van der Waals surface area contributed by atoms with Gasteiger partial charge in [-0.1, -0.05) is 35.2 Å². The second-order valence-electron chi connectivity index (χ2n) is 5.41. The second-order valence-corrected chi connectivity index (χ2v) is 6.58. The lowest BCUT2D eigenvalue weighted by Gasteiger charge is -2.25. The fraction of sp³-hybridized carbons (Fsp3) is 0.917. The molecule has 94 valence electrons. The number of rotatable bonds is 1. The first-order valence-corrected chi connectivity index (χ1v) is 6.93. The molecule has 0 aromatic rings. The summed E-state index contributed by atoms with van der Waals surface area (Å²) < 4.78 is 5.26. The van der Waals surface area contributed by atoms with Gasteiger partial charge in [0, 0.05) is 10.9 Å². The third kappa shape index (κ3) is 5.19. The summed E-state index contributed by atoms with van der Waals surface area (Å²) in [6, 6.07) is 0.206. The highest BCUT2D eigenvalue weighted by Gasteiger charge is 2.25. The van der Waals surface area contributed by atoms with E-state index in [0.29, 0.717) is 4.83 Å². The number of carbonyl (C=O) groups excluding carboxylic acids is 1. The van der Waals surface area contributed by atoms with Crippen LogP contribution in [0.2, 0.25) is 0 Å². The predicted molar refractivity (Wildman–Crippen MR) is 69.0 cm³/mol. The van der Waals surface area contributed by atoms with Crippen molar-refractivity contribution in [2.45, 2.75) is 69.3 Å². The van der Waals surface area contributed by atoms with Gasteiger partial charge in [-0.15, -0.1) is 0 Å². The van der Waals surface area contributed by atoms with Crippen LogP contribution >= 0.6 is 15.9 Å². The molecule has 4 heteroatoms.